The van der Waals surface area contributed by atoms with E-state index in [0.29, 0.717) is 11.7 Å². The number of fused-ring (bicyclic) bond motifs is 1. The van der Waals surface area contributed by atoms with E-state index in [1.165, 1.54) is 12.8 Å². The van der Waals surface area contributed by atoms with Gasteiger partial charge in [-0.2, -0.15) is 0 Å². The maximum Gasteiger partial charge on any atom is 0.151 e. The summed E-state index contributed by atoms with van der Waals surface area (Å²) in [6, 6.07) is 5.93. The lowest BCUT2D eigenvalue weighted by Crippen LogP contribution is -2.11. The molecule has 0 aliphatic heterocycles. The summed E-state index contributed by atoms with van der Waals surface area (Å²) in [6.45, 7) is 0. The van der Waals surface area contributed by atoms with Crippen LogP contribution in [0.15, 0.2) is 22.7 Å². The van der Waals surface area contributed by atoms with Gasteiger partial charge in [0.1, 0.15) is 5.82 Å². The molecule has 1 aromatic heterocycles. The van der Waals surface area contributed by atoms with E-state index >= 15 is 0 Å². The maximum atomic E-state index is 5.50. The molecule has 0 unspecified atom stereocenters. The number of aromatic nitrogens is 2. The highest BCUT2D eigenvalue weighted by Crippen LogP contribution is 2.39. The summed E-state index contributed by atoms with van der Waals surface area (Å²) in [5.41, 5.74) is 3.59. The number of halogens is 1. The fraction of sp³-hybridized carbons (Fsp3) is 0.273. The molecule has 82 valence electrons. The van der Waals surface area contributed by atoms with Crippen molar-refractivity contribution in [3.8, 4) is 0 Å². The van der Waals surface area contributed by atoms with Gasteiger partial charge >= 0.3 is 0 Å². The van der Waals surface area contributed by atoms with Crippen LogP contribution in [-0.4, -0.2) is 9.97 Å². The second kappa shape index (κ2) is 3.68. The van der Waals surface area contributed by atoms with E-state index in [-0.39, 0.29) is 0 Å². The summed E-state index contributed by atoms with van der Waals surface area (Å²) in [6.07, 6.45) is 2.37. The first kappa shape index (κ1) is 9.99. The molecule has 1 aliphatic rings. The molecule has 1 aromatic carbocycles. The highest BCUT2D eigenvalue weighted by Gasteiger charge is 2.27. The first-order valence-electron chi connectivity index (χ1n) is 5.22. The van der Waals surface area contributed by atoms with Gasteiger partial charge in [-0.15, -0.1) is 0 Å². The molecule has 0 atom stereocenters. The third kappa shape index (κ3) is 1.66. The van der Waals surface area contributed by atoms with Crippen molar-refractivity contribution in [2.24, 2.45) is 5.84 Å². The minimum atomic E-state index is 0.528. The molecular weight excluding hydrogens is 268 g/mol. The zero-order valence-electron chi connectivity index (χ0n) is 8.57. The van der Waals surface area contributed by atoms with Crippen molar-refractivity contribution >= 4 is 32.7 Å². The number of nitrogens with two attached hydrogens (primary N) is 1. The van der Waals surface area contributed by atoms with E-state index in [9.17, 15) is 0 Å². The first-order valence-corrected chi connectivity index (χ1v) is 6.01. The second-order valence-electron chi connectivity index (χ2n) is 4.01. The summed E-state index contributed by atoms with van der Waals surface area (Å²) in [7, 11) is 0. The Bertz CT molecular complexity index is 551. The Balaban J connectivity index is 2.25. The molecule has 3 rings (SSSR count). The van der Waals surface area contributed by atoms with Gasteiger partial charge in [0, 0.05) is 15.8 Å². The highest BCUT2D eigenvalue weighted by atomic mass is 79.9. The van der Waals surface area contributed by atoms with Crippen molar-refractivity contribution in [3.63, 3.8) is 0 Å². The predicted octanol–water partition coefficient (Wildman–Crippen LogP) is 2.56. The zero-order valence-corrected chi connectivity index (χ0v) is 10.2. The predicted molar refractivity (Wildman–Crippen MR) is 67.0 cm³/mol. The number of hydrogen-bond acceptors (Lipinski definition) is 4. The molecule has 4 nitrogen and oxygen atoms in total. The van der Waals surface area contributed by atoms with Crippen LogP contribution in [0.1, 0.15) is 24.6 Å². The topological polar surface area (TPSA) is 63.8 Å². The van der Waals surface area contributed by atoms with Gasteiger partial charge in [0.25, 0.3) is 0 Å². The molecule has 0 saturated heterocycles. The third-order valence-electron chi connectivity index (χ3n) is 2.75. The maximum absolute atomic E-state index is 5.50. The Morgan fingerprint density at radius 3 is 2.81 bits per heavy atom. The molecule has 5 heteroatoms. The Kier molecular flexibility index (Phi) is 2.29. The van der Waals surface area contributed by atoms with Crippen LogP contribution in [0.4, 0.5) is 5.82 Å². The van der Waals surface area contributed by atoms with Crippen LogP contribution in [0.5, 0.6) is 0 Å². The standard InChI is InChI=1S/C11H11BrN4/c12-7-3-4-9-8(5-7)11(16-13)15-10(14-9)6-1-2-6/h3-6H,1-2,13H2,(H,14,15,16). The van der Waals surface area contributed by atoms with Crippen LogP contribution in [0, 0.1) is 0 Å². The smallest absolute Gasteiger partial charge is 0.151 e. The van der Waals surface area contributed by atoms with Gasteiger partial charge < -0.3 is 5.43 Å². The van der Waals surface area contributed by atoms with E-state index in [4.69, 9.17) is 5.84 Å². The number of nitrogen functional groups attached to an aromatic ring is 1. The van der Waals surface area contributed by atoms with Gasteiger partial charge in [0.05, 0.1) is 5.52 Å². The normalized spacial score (nSPS) is 15.4. The SMILES string of the molecule is NNc1nc(C2CC2)nc2ccc(Br)cc12. The molecule has 0 amide bonds. The fourth-order valence-corrected chi connectivity index (χ4v) is 2.11. The number of anilines is 1. The minimum Gasteiger partial charge on any atom is -0.308 e. The summed E-state index contributed by atoms with van der Waals surface area (Å²) in [5, 5.41) is 0.946. The molecule has 3 N–H and O–H groups in total. The van der Waals surface area contributed by atoms with Crippen molar-refractivity contribution in [1.29, 1.82) is 0 Å². The van der Waals surface area contributed by atoms with Crippen LogP contribution >= 0.6 is 15.9 Å². The van der Waals surface area contributed by atoms with Crippen molar-refractivity contribution in [3.05, 3.63) is 28.5 Å². The summed E-state index contributed by atoms with van der Waals surface area (Å²) in [5.74, 6) is 7.64. The largest absolute Gasteiger partial charge is 0.308 e. The van der Waals surface area contributed by atoms with Gasteiger partial charge in [-0.25, -0.2) is 15.8 Å². The number of nitrogens with zero attached hydrogens (tertiary/aromatic N) is 2. The lowest BCUT2D eigenvalue weighted by molar-refractivity contribution is 0.946. The second-order valence-corrected chi connectivity index (χ2v) is 4.93. The fourth-order valence-electron chi connectivity index (χ4n) is 1.75. The first-order chi connectivity index (χ1) is 7.78. The van der Waals surface area contributed by atoms with Gasteiger partial charge in [-0.3, -0.25) is 0 Å². The molecule has 0 spiro atoms. The number of rotatable bonds is 2. The van der Waals surface area contributed by atoms with Crippen molar-refractivity contribution in [1.82, 2.24) is 9.97 Å². The van der Waals surface area contributed by atoms with Crippen molar-refractivity contribution in [2.75, 3.05) is 5.43 Å². The van der Waals surface area contributed by atoms with Gasteiger partial charge in [-0.1, -0.05) is 15.9 Å². The molecule has 0 radical (unpaired) electrons. The van der Waals surface area contributed by atoms with Crippen LogP contribution in [0.3, 0.4) is 0 Å². The van der Waals surface area contributed by atoms with E-state index in [0.717, 1.165) is 21.2 Å². The zero-order chi connectivity index (χ0) is 11.1. The molecular formula is C11H11BrN4. The summed E-state index contributed by atoms with van der Waals surface area (Å²) in [4.78, 5) is 9.01. The molecule has 16 heavy (non-hydrogen) atoms. The lowest BCUT2D eigenvalue weighted by Gasteiger charge is -2.07. The van der Waals surface area contributed by atoms with Crippen LogP contribution in [0.25, 0.3) is 10.9 Å². The Hall–Kier alpha value is -1.20. The van der Waals surface area contributed by atoms with E-state index in [2.05, 4.69) is 31.3 Å². The van der Waals surface area contributed by atoms with Gasteiger partial charge in [-0.05, 0) is 31.0 Å². The molecule has 1 aliphatic carbocycles. The average Bonchev–Trinajstić information content (AvgIpc) is 3.11. The van der Waals surface area contributed by atoms with Crippen LogP contribution in [-0.2, 0) is 0 Å². The van der Waals surface area contributed by atoms with Crippen molar-refractivity contribution in [2.45, 2.75) is 18.8 Å². The molecule has 1 saturated carbocycles. The van der Waals surface area contributed by atoms with E-state index in [1.54, 1.807) is 0 Å². The monoisotopic (exact) mass is 278 g/mol. The Labute approximate surface area is 101 Å². The van der Waals surface area contributed by atoms with Crippen LogP contribution < -0.4 is 11.3 Å². The number of hydrazine groups is 1. The third-order valence-corrected chi connectivity index (χ3v) is 3.25. The molecule has 0 bridgehead atoms. The van der Waals surface area contributed by atoms with Crippen LogP contribution in [0.2, 0.25) is 0 Å². The number of nitrogens with one attached hydrogen (secondary N) is 1. The Morgan fingerprint density at radius 2 is 2.12 bits per heavy atom. The van der Waals surface area contributed by atoms with E-state index in [1.807, 2.05) is 18.2 Å². The van der Waals surface area contributed by atoms with Crippen molar-refractivity contribution < 1.29 is 0 Å². The number of hydrogen-bond donors (Lipinski definition) is 2. The molecule has 1 fully saturated rings. The van der Waals surface area contributed by atoms with Gasteiger partial charge in [0.2, 0.25) is 0 Å². The quantitative estimate of drug-likeness (QED) is 0.655. The molecule has 2 aromatic rings. The summed E-state index contributed by atoms with van der Waals surface area (Å²) >= 11 is 3.43. The Morgan fingerprint density at radius 1 is 1.31 bits per heavy atom. The highest BCUT2D eigenvalue weighted by molar-refractivity contribution is 9.10. The average molecular weight is 279 g/mol. The minimum absolute atomic E-state index is 0.528. The molecule has 1 heterocycles. The van der Waals surface area contributed by atoms with Gasteiger partial charge in [0.15, 0.2) is 5.82 Å². The number of benzene rings is 1. The van der Waals surface area contributed by atoms with E-state index < -0.39 is 0 Å². The lowest BCUT2D eigenvalue weighted by atomic mass is 10.2. The summed E-state index contributed by atoms with van der Waals surface area (Å²) < 4.78 is 0.999.